The van der Waals surface area contributed by atoms with Crippen LogP contribution in [0.4, 0.5) is 0 Å². The third-order valence-corrected chi connectivity index (χ3v) is 7.18. The molecule has 1 aliphatic carbocycles. The maximum absolute atomic E-state index is 13.5. The van der Waals surface area contributed by atoms with Crippen LogP contribution in [0.25, 0.3) is 0 Å². The van der Waals surface area contributed by atoms with Crippen LogP contribution in [-0.2, 0) is 27.5 Å². The van der Waals surface area contributed by atoms with Gasteiger partial charge in [-0.3, -0.25) is 4.79 Å². The lowest BCUT2D eigenvalue weighted by atomic mass is 9.91. The first-order chi connectivity index (χ1) is 17.1. The van der Waals surface area contributed by atoms with Gasteiger partial charge in [0.2, 0.25) is 13.1 Å². The monoisotopic (exact) mass is 479 g/mol. The number of amides is 1. The standard InChI is InChI=1S/C28H33NO6/c1-29(23-5-3-2-4-6-23)28(31)26-14-22(21-11-12-24-25(13-21)34-18-33-24)15-27(35-26)32-17-20-9-7-19(16-30)8-10-20/h7-14,22-23,27,30H,2-6,15-18H2,1H3. The Morgan fingerprint density at radius 1 is 1.03 bits per heavy atom. The third-order valence-electron chi connectivity index (χ3n) is 7.18. The van der Waals surface area contributed by atoms with Crippen LogP contribution in [0.15, 0.2) is 54.3 Å². The van der Waals surface area contributed by atoms with E-state index >= 15 is 0 Å². The Morgan fingerprint density at radius 3 is 2.54 bits per heavy atom. The van der Waals surface area contributed by atoms with Crippen LogP contribution in [0.5, 0.6) is 11.5 Å². The molecule has 0 aromatic heterocycles. The second-order valence-corrected chi connectivity index (χ2v) is 9.53. The highest BCUT2D eigenvalue weighted by Crippen LogP contribution is 2.39. The average Bonchev–Trinajstić information content (AvgIpc) is 3.40. The number of fused-ring (bicyclic) bond motifs is 1. The number of hydrogen-bond donors (Lipinski definition) is 1. The number of allylic oxidation sites excluding steroid dienone is 1. The number of aliphatic hydroxyl groups excluding tert-OH is 1. The molecule has 2 unspecified atom stereocenters. The van der Waals surface area contributed by atoms with Crippen molar-refractivity contribution >= 4 is 5.91 Å². The van der Waals surface area contributed by atoms with E-state index in [-0.39, 0.29) is 31.3 Å². The largest absolute Gasteiger partial charge is 0.459 e. The molecule has 1 saturated carbocycles. The van der Waals surface area contributed by atoms with Gasteiger partial charge in [0.15, 0.2) is 17.3 Å². The molecule has 7 heteroatoms. The van der Waals surface area contributed by atoms with Crippen molar-refractivity contribution in [1.82, 2.24) is 4.90 Å². The second kappa shape index (κ2) is 10.7. The zero-order valence-corrected chi connectivity index (χ0v) is 20.2. The van der Waals surface area contributed by atoms with Gasteiger partial charge in [-0.25, -0.2) is 0 Å². The summed E-state index contributed by atoms with van der Waals surface area (Å²) in [6.07, 6.45) is 7.56. The lowest BCUT2D eigenvalue weighted by molar-refractivity contribution is -0.156. The van der Waals surface area contributed by atoms with Gasteiger partial charge in [0.1, 0.15) is 0 Å². The van der Waals surface area contributed by atoms with Gasteiger partial charge < -0.3 is 29.0 Å². The fraction of sp³-hybridized carbons (Fsp3) is 0.464. The fourth-order valence-electron chi connectivity index (χ4n) is 5.02. The Morgan fingerprint density at radius 2 is 1.77 bits per heavy atom. The number of rotatable bonds is 7. The first kappa shape index (κ1) is 23.7. The summed E-state index contributed by atoms with van der Waals surface area (Å²) < 4.78 is 23.3. The molecule has 2 aromatic carbocycles. The van der Waals surface area contributed by atoms with Crippen molar-refractivity contribution in [3.05, 3.63) is 71.0 Å². The van der Waals surface area contributed by atoms with Crippen LogP contribution in [0, 0.1) is 0 Å². The molecule has 35 heavy (non-hydrogen) atoms. The molecule has 3 aliphatic rings. The molecule has 7 nitrogen and oxygen atoms in total. The Bertz CT molecular complexity index is 1060. The summed E-state index contributed by atoms with van der Waals surface area (Å²) in [4.78, 5) is 15.3. The molecule has 5 rings (SSSR count). The fourth-order valence-corrected chi connectivity index (χ4v) is 5.02. The number of ether oxygens (including phenoxy) is 4. The van der Waals surface area contributed by atoms with Gasteiger partial charge in [0.05, 0.1) is 13.2 Å². The highest BCUT2D eigenvalue weighted by atomic mass is 16.7. The van der Waals surface area contributed by atoms with E-state index in [1.807, 2.05) is 60.5 Å². The zero-order valence-electron chi connectivity index (χ0n) is 20.2. The number of carbonyl (C=O) groups is 1. The van der Waals surface area contributed by atoms with E-state index in [1.54, 1.807) is 0 Å². The van der Waals surface area contributed by atoms with E-state index in [2.05, 4.69) is 0 Å². The predicted octanol–water partition coefficient (Wildman–Crippen LogP) is 4.63. The van der Waals surface area contributed by atoms with Crippen LogP contribution < -0.4 is 9.47 Å². The Labute approximate surface area is 206 Å². The average molecular weight is 480 g/mol. The molecular weight excluding hydrogens is 446 g/mol. The lowest BCUT2D eigenvalue weighted by Gasteiger charge is -2.34. The first-order valence-corrected chi connectivity index (χ1v) is 12.5. The van der Waals surface area contributed by atoms with E-state index in [9.17, 15) is 9.90 Å². The smallest absolute Gasteiger partial charge is 0.288 e. The second-order valence-electron chi connectivity index (χ2n) is 9.53. The van der Waals surface area contributed by atoms with E-state index in [4.69, 9.17) is 18.9 Å². The molecular formula is C28H33NO6. The van der Waals surface area contributed by atoms with Crippen LogP contribution in [0.2, 0.25) is 0 Å². The molecule has 1 fully saturated rings. The number of benzene rings is 2. The Kier molecular flexibility index (Phi) is 7.25. The maximum atomic E-state index is 13.5. The minimum Gasteiger partial charge on any atom is -0.459 e. The third kappa shape index (κ3) is 5.46. The van der Waals surface area contributed by atoms with Crippen LogP contribution in [-0.4, -0.2) is 42.1 Å². The SMILES string of the molecule is CN(C(=O)C1=CC(c2ccc3c(c2)OCO3)CC(OCc2ccc(CO)cc2)O1)C1CCCCC1. The van der Waals surface area contributed by atoms with Gasteiger partial charge >= 0.3 is 0 Å². The molecule has 0 saturated heterocycles. The number of carbonyl (C=O) groups excluding carboxylic acids is 1. The first-order valence-electron chi connectivity index (χ1n) is 12.5. The predicted molar refractivity (Wildman–Crippen MR) is 130 cm³/mol. The van der Waals surface area contributed by atoms with E-state index in [0.717, 1.165) is 53.9 Å². The quantitative estimate of drug-likeness (QED) is 0.624. The lowest BCUT2D eigenvalue weighted by Crippen LogP contribution is -2.41. The summed E-state index contributed by atoms with van der Waals surface area (Å²) in [5.74, 6) is 1.64. The van der Waals surface area contributed by atoms with Crippen molar-refractivity contribution in [1.29, 1.82) is 0 Å². The molecule has 2 aromatic rings. The van der Waals surface area contributed by atoms with Gasteiger partial charge in [-0.1, -0.05) is 49.6 Å². The van der Waals surface area contributed by atoms with Gasteiger partial charge in [-0.05, 0) is 47.7 Å². The van der Waals surface area contributed by atoms with Crippen molar-refractivity contribution in [2.75, 3.05) is 13.8 Å². The summed E-state index contributed by atoms with van der Waals surface area (Å²) in [6, 6.07) is 13.8. The van der Waals surface area contributed by atoms with Crippen LogP contribution in [0.3, 0.4) is 0 Å². The minimum atomic E-state index is -0.563. The molecule has 2 heterocycles. The highest BCUT2D eigenvalue weighted by molar-refractivity contribution is 5.91. The molecule has 2 atom stereocenters. The number of nitrogens with zero attached hydrogens (tertiary/aromatic N) is 1. The topological polar surface area (TPSA) is 77.5 Å². The molecule has 1 amide bonds. The summed E-state index contributed by atoms with van der Waals surface area (Å²) >= 11 is 0. The number of aliphatic hydroxyl groups is 1. The van der Waals surface area contributed by atoms with Crippen molar-refractivity contribution in [3.63, 3.8) is 0 Å². The van der Waals surface area contributed by atoms with E-state index in [0.29, 0.717) is 18.8 Å². The zero-order chi connectivity index (χ0) is 24.2. The molecule has 0 radical (unpaired) electrons. The number of likely N-dealkylation sites (N-methyl/N-ethyl adjacent to an activating group) is 1. The normalized spacial score (nSPS) is 21.8. The Balaban J connectivity index is 1.34. The summed E-state index contributed by atoms with van der Waals surface area (Å²) in [5.41, 5.74) is 2.86. The van der Waals surface area contributed by atoms with E-state index < -0.39 is 6.29 Å². The molecule has 186 valence electrons. The molecule has 1 N–H and O–H groups in total. The summed E-state index contributed by atoms with van der Waals surface area (Å²) in [6.45, 7) is 0.582. The minimum absolute atomic E-state index is 0.00879. The van der Waals surface area contributed by atoms with Gasteiger partial charge in [-0.15, -0.1) is 0 Å². The van der Waals surface area contributed by atoms with E-state index in [1.165, 1.54) is 6.42 Å². The van der Waals surface area contributed by atoms with Gasteiger partial charge in [0, 0.05) is 25.4 Å². The van der Waals surface area contributed by atoms with Gasteiger partial charge in [0.25, 0.3) is 5.91 Å². The highest BCUT2D eigenvalue weighted by Gasteiger charge is 2.33. The molecule has 2 aliphatic heterocycles. The van der Waals surface area contributed by atoms with Crippen molar-refractivity contribution < 1.29 is 28.8 Å². The Hall–Kier alpha value is -3.03. The maximum Gasteiger partial charge on any atom is 0.288 e. The van der Waals surface area contributed by atoms with Crippen molar-refractivity contribution in [3.8, 4) is 11.5 Å². The molecule has 0 bridgehead atoms. The number of hydrogen-bond acceptors (Lipinski definition) is 6. The molecule has 0 spiro atoms. The van der Waals surface area contributed by atoms with Gasteiger partial charge in [-0.2, -0.15) is 0 Å². The summed E-state index contributed by atoms with van der Waals surface area (Å²) in [7, 11) is 1.88. The van der Waals surface area contributed by atoms with Crippen molar-refractivity contribution in [2.45, 2.75) is 70.0 Å². The van der Waals surface area contributed by atoms with Crippen LogP contribution in [0.1, 0.15) is 61.1 Å². The van der Waals surface area contributed by atoms with Crippen molar-refractivity contribution in [2.24, 2.45) is 0 Å². The summed E-state index contributed by atoms with van der Waals surface area (Å²) in [5, 5.41) is 9.27. The van der Waals surface area contributed by atoms with Crippen LogP contribution >= 0.6 is 0 Å².